The second kappa shape index (κ2) is 14.5. The topological polar surface area (TPSA) is 187 Å². The normalized spacial score (nSPS) is 24.4. The van der Waals surface area contributed by atoms with Crippen LogP contribution in [0.15, 0.2) is 42.4 Å². The fraction of sp³-hybridized carbons (Fsp3) is 0.458. The van der Waals surface area contributed by atoms with E-state index in [0.29, 0.717) is 11.1 Å². The van der Waals surface area contributed by atoms with Crippen LogP contribution in [0.1, 0.15) is 27.7 Å². The molecule has 6 unspecified atom stereocenters. The lowest BCUT2D eigenvalue weighted by molar-refractivity contribution is -0.148. The Hall–Kier alpha value is -3.09. The number of nitrogens with two attached hydrogens (primary N) is 1. The lowest BCUT2D eigenvalue weighted by Crippen LogP contribution is -2.63. The number of carbonyl (C=O) groups is 3. The molecule has 1 aliphatic rings. The summed E-state index contributed by atoms with van der Waals surface area (Å²) in [5, 5.41) is 38.4. The average molecular weight is 581 g/mol. The van der Waals surface area contributed by atoms with Crippen molar-refractivity contribution in [2.75, 3.05) is 7.05 Å². The summed E-state index contributed by atoms with van der Waals surface area (Å²) in [4.78, 5) is 37.8. The number of benzene rings is 1. The quantitative estimate of drug-likeness (QED) is 0.0460. The van der Waals surface area contributed by atoms with E-state index in [9.17, 15) is 34.0 Å². The zero-order valence-corrected chi connectivity index (χ0v) is 23.6. The third-order valence-corrected chi connectivity index (χ3v) is 7.42. The van der Waals surface area contributed by atoms with Gasteiger partial charge in [-0.1, -0.05) is 24.1 Å². The third kappa shape index (κ3) is 7.55. The molecule has 0 bridgehead atoms. The van der Waals surface area contributed by atoms with Gasteiger partial charge >= 0.3 is 12.7 Å². The lowest BCUT2D eigenvalue weighted by atomic mass is 9.92. The maximum Gasteiger partial charge on any atom is 0.474 e. The summed E-state index contributed by atoms with van der Waals surface area (Å²) < 4.78 is 25.7. The van der Waals surface area contributed by atoms with Gasteiger partial charge in [-0.05, 0) is 39.8 Å². The van der Waals surface area contributed by atoms with Crippen molar-refractivity contribution in [1.29, 1.82) is 0 Å². The Kier molecular flexibility index (Phi) is 12.0. The van der Waals surface area contributed by atoms with Crippen LogP contribution in [0.3, 0.4) is 0 Å². The molecule has 0 radical (unpaired) electrons. The molecule has 1 saturated heterocycles. The first-order chi connectivity index (χ1) is 18.8. The Labute approximate surface area is 233 Å². The van der Waals surface area contributed by atoms with Crippen LogP contribution in [0.5, 0.6) is 5.75 Å². The predicted molar refractivity (Wildman–Crippen MR) is 145 cm³/mol. The standard InChI is InChI=1S/C24H34BFN5O8P/c1-6-12-24(27)19(33)21(35)31(23(24)30(14-32)13-18(26)20(34)28-5)25(37)40(39-17-10-8-7-9-11-17)29-16(4)22(36)38-15(2)3/h7-11,13-16,19,21,23,29,33,35,37H,27H2,1-5H3,(H,28,34)/b18-13+. The molecular weight excluding hydrogens is 547 g/mol. The smallest absolute Gasteiger partial charge is 0.463 e. The van der Waals surface area contributed by atoms with Crippen molar-refractivity contribution in [3.8, 4) is 17.6 Å². The number of hydrogen-bond donors (Lipinski definition) is 6. The van der Waals surface area contributed by atoms with Crippen molar-refractivity contribution < 1.29 is 43.3 Å². The Bertz CT molecular complexity index is 1140. The van der Waals surface area contributed by atoms with Crippen molar-refractivity contribution >= 4 is 33.2 Å². The van der Waals surface area contributed by atoms with E-state index in [1.54, 1.807) is 44.2 Å². The highest BCUT2D eigenvalue weighted by Crippen LogP contribution is 2.44. The van der Waals surface area contributed by atoms with Crippen LogP contribution in [0.25, 0.3) is 0 Å². The van der Waals surface area contributed by atoms with Crippen LogP contribution in [0.4, 0.5) is 4.39 Å². The molecule has 16 heteroatoms. The molecule has 1 aliphatic heterocycles. The number of esters is 1. The zero-order valence-electron chi connectivity index (χ0n) is 22.7. The Balaban J connectivity index is 2.61. The summed E-state index contributed by atoms with van der Waals surface area (Å²) >= 11 is 0. The van der Waals surface area contributed by atoms with Crippen LogP contribution in [-0.2, 0) is 19.1 Å². The molecule has 0 saturated carbocycles. The van der Waals surface area contributed by atoms with Gasteiger partial charge in [0.1, 0.15) is 35.8 Å². The number of para-hydroxylation sites is 1. The summed E-state index contributed by atoms with van der Waals surface area (Å²) in [6.07, 6.45) is -5.43. The highest BCUT2D eigenvalue weighted by atomic mass is 31.1. The summed E-state index contributed by atoms with van der Waals surface area (Å²) in [6.45, 7) is 4.25. The van der Waals surface area contributed by atoms with Gasteiger partial charge < -0.3 is 40.4 Å². The highest BCUT2D eigenvalue weighted by molar-refractivity contribution is 7.83. The van der Waals surface area contributed by atoms with Crippen molar-refractivity contribution in [1.82, 2.24) is 20.1 Å². The molecule has 40 heavy (non-hydrogen) atoms. The molecule has 13 nitrogen and oxygen atoms in total. The SMILES string of the molecule is CC#CC1(N)C(O)C(O)N(B(O)P(NC(C)C(=O)OC(C)C)Oc2ccccc2)C1N(C=O)/C=C(/F)C(=O)NC. The van der Waals surface area contributed by atoms with E-state index in [4.69, 9.17) is 15.0 Å². The number of hydrogen-bond acceptors (Lipinski definition) is 11. The lowest BCUT2D eigenvalue weighted by Gasteiger charge is -2.39. The molecule has 1 aromatic carbocycles. The highest BCUT2D eigenvalue weighted by Gasteiger charge is 2.63. The number of nitrogens with one attached hydrogen (secondary N) is 2. The minimum atomic E-state index is -2.38. The third-order valence-electron chi connectivity index (χ3n) is 5.69. The van der Waals surface area contributed by atoms with Gasteiger partial charge in [0.2, 0.25) is 12.2 Å². The van der Waals surface area contributed by atoms with E-state index >= 15 is 0 Å². The monoisotopic (exact) mass is 581 g/mol. The number of nitrogens with zero attached hydrogens (tertiary/aromatic N) is 2. The molecule has 7 N–H and O–H groups in total. The predicted octanol–water partition coefficient (Wildman–Crippen LogP) is -0.659. The molecule has 0 aromatic heterocycles. The van der Waals surface area contributed by atoms with Crippen LogP contribution in [-0.4, -0.2) is 93.2 Å². The largest absolute Gasteiger partial charge is 0.474 e. The molecule has 2 rings (SSSR count). The Morgan fingerprint density at radius 2 is 1.93 bits per heavy atom. The summed E-state index contributed by atoms with van der Waals surface area (Å²) in [5.74, 6) is 2.04. The number of aliphatic hydroxyl groups is 2. The van der Waals surface area contributed by atoms with Crippen LogP contribution in [0.2, 0.25) is 0 Å². The van der Waals surface area contributed by atoms with Gasteiger partial charge in [-0.15, -0.1) is 5.92 Å². The molecule has 1 aromatic rings. The first-order valence-corrected chi connectivity index (χ1v) is 13.5. The van der Waals surface area contributed by atoms with Crippen molar-refractivity contribution in [3.05, 3.63) is 42.4 Å². The number of ether oxygens (including phenoxy) is 1. The first kappa shape index (κ1) is 33.1. The second-order valence-electron chi connectivity index (χ2n) is 9.01. The first-order valence-electron chi connectivity index (χ1n) is 12.2. The van der Waals surface area contributed by atoms with Gasteiger partial charge in [0, 0.05) is 13.2 Å². The number of aliphatic hydroxyl groups excluding tert-OH is 2. The van der Waals surface area contributed by atoms with E-state index in [1.807, 2.05) is 0 Å². The maximum atomic E-state index is 14.5. The molecule has 0 spiro atoms. The second-order valence-corrected chi connectivity index (χ2v) is 10.6. The minimum Gasteiger partial charge on any atom is -0.463 e. The van der Waals surface area contributed by atoms with Gasteiger partial charge in [0.25, 0.3) is 5.91 Å². The van der Waals surface area contributed by atoms with Crippen molar-refractivity contribution in [3.63, 3.8) is 0 Å². The number of amides is 2. The molecule has 6 atom stereocenters. The van der Waals surface area contributed by atoms with Crippen LogP contribution < -0.4 is 20.7 Å². The van der Waals surface area contributed by atoms with Crippen LogP contribution in [0, 0.1) is 11.8 Å². The van der Waals surface area contributed by atoms with E-state index in [-0.39, 0.29) is 12.2 Å². The fourth-order valence-electron chi connectivity index (χ4n) is 3.87. The number of carbonyl (C=O) groups excluding carboxylic acids is 3. The van der Waals surface area contributed by atoms with E-state index in [2.05, 4.69) is 22.2 Å². The molecule has 1 fully saturated rings. The van der Waals surface area contributed by atoms with Gasteiger partial charge in [-0.25, -0.2) is 0 Å². The molecule has 2 amide bonds. The Morgan fingerprint density at radius 3 is 2.45 bits per heavy atom. The van der Waals surface area contributed by atoms with Crippen molar-refractivity contribution in [2.45, 2.75) is 63.9 Å². The number of halogens is 1. The Morgan fingerprint density at radius 1 is 1.30 bits per heavy atom. The van der Waals surface area contributed by atoms with Gasteiger partial charge in [-0.3, -0.25) is 24.3 Å². The molecule has 1 heterocycles. The summed E-state index contributed by atoms with van der Waals surface area (Å²) in [7, 11) is -1.21. The zero-order chi connectivity index (χ0) is 30.2. The van der Waals surface area contributed by atoms with Crippen molar-refractivity contribution in [2.24, 2.45) is 5.73 Å². The average Bonchev–Trinajstić information content (AvgIpc) is 3.11. The minimum absolute atomic E-state index is 0.0903. The van der Waals surface area contributed by atoms with E-state index < -0.39 is 68.8 Å². The van der Waals surface area contributed by atoms with Gasteiger partial charge in [-0.2, -0.15) is 4.39 Å². The molecule has 218 valence electrons. The van der Waals surface area contributed by atoms with Gasteiger partial charge in [0.15, 0.2) is 8.18 Å². The molecule has 0 aliphatic carbocycles. The summed E-state index contributed by atoms with van der Waals surface area (Å²) in [5.41, 5.74) is 4.23. The summed E-state index contributed by atoms with van der Waals surface area (Å²) in [6, 6.07) is 7.15. The van der Waals surface area contributed by atoms with E-state index in [1.165, 1.54) is 20.9 Å². The maximum absolute atomic E-state index is 14.5. The fourth-order valence-corrected chi connectivity index (χ4v) is 5.50. The molecular formula is C24H34BFN5O8P. The van der Waals surface area contributed by atoms with Gasteiger partial charge in [0.05, 0.1) is 6.10 Å². The van der Waals surface area contributed by atoms with E-state index in [0.717, 1.165) is 4.81 Å². The number of rotatable bonds is 12. The number of likely N-dealkylation sites (N-methyl/N-ethyl adjacent to an activating group) is 1. The van der Waals surface area contributed by atoms with Crippen LogP contribution >= 0.6 is 8.18 Å².